The summed E-state index contributed by atoms with van der Waals surface area (Å²) in [6.45, 7) is 0. The molecule has 0 amide bonds. The summed E-state index contributed by atoms with van der Waals surface area (Å²) in [7, 11) is -5.61. The Labute approximate surface area is 148 Å². The van der Waals surface area contributed by atoms with Gasteiger partial charge in [0.15, 0.2) is 10.9 Å². The molecule has 0 atom stereocenters. The van der Waals surface area contributed by atoms with Crippen molar-refractivity contribution in [3.63, 3.8) is 0 Å². The number of benzene rings is 1. The topological polar surface area (TPSA) is 81.2 Å². The van der Waals surface area contributed by atoms with Crippen LogP contribution in [0.25, 0.3) is 0 Å². The molecule has 0 saturated carbocycles. The quantitative estimate of drug-likeness (QED) is 0.785. The van der Waals surface area contributed by atoms with E-state index in [9.17, 15) is 21.6 Å². The van der Waals surface area contributed by atoms with Crippen molar-refractivity contribution in [3.05, 3.63) is 39.7 Å². The summed E-state index contributed by atoms with van der Waals surface area (Å²) in [6.07, 6.45) is 2.44. The van der Waals surface area contributed by atoms with Gasteiger partial charge in [-0.3, -0.25) is 9.71 Å². The average Bonchev–Trinajstić information content (AvgIpc) is 2.41. The van der Waals surface area contributed by atoms with E-state index in [1.54, 1.807) is 0 Å². The molecule has 1 aromatic heterocycles. The molecule has 2 rings (SSSR count). The summed E-state index contributed by atoms with van der Waals surface area (Å²) in [5, 5.41) is -0.498. The van der Waals surface area contributed by atoms with Crippen molar-refractivity contribution in [1.82, 2.24) is 9.97 Å². The van der Waals surface area contributed by atoms with E-state index in [0.717, 1.165) is 12.1 Å². The van der Waals surface area contributed by atoms with E-state index in [2.05, 4.69) is 9.97 Å². The Morgan fingerprint density at radius 3 is 2.17 bits per heavy atom. The van der Waals surface area contributed by atoms with Gasteiger partial charge in [-0.2, -0.15) is 26.6 Å². The van der Waals surface area contributed by atoms with Gasteiger partial charge in [0.2, 0.25) is 5.88 Å². The highest BCUT2D eigenvalue weighted by molar-refractivity contribution is 7.93. The molecule has 0 fully saturated rings. The zero-order valence-electron chi connectivity index (χ0n) is 11.1. The Bertz CT molecular complexity index is 855. The monoisotopic (exact) mass is 421 g/mol. The predicted octanol–water partition coefficient (Wildman–Crippen LogP) is 4.49. The lowest BCUT2D eigenvalue weighted by molar-refractivity contribution is -0.0429. The number of hydrogen-bond donors (Lipinski definition) is 1. The molecule has 0 aliphatic heterocycles. The fourth-order valence-electron chi connectivity index (χ4n) is 1.41. The number of sulfonamides is 1. The number of anilines is 1. The first kappa shape index (κ1) is 18.8. The summed E-state index contributed by atoms with van der Waals surface area (Å²) in [6, 6.07) is 1.79. The van der Waals surface area contributed by atoms with Gasteiger partial charge >= 0.3 is 15.5 Å². The van der Waals surface area contributed by atoms with Gasteiger partial charge in [-0.1, -0.05) is 34.8 Å². The Morgan fingerprint density at radius 1 is 1.08 bits per heavy atom. The number of hydrogen-bond acceptors (Lipinski definition) is 5. The van der Waals surface area contributed by atoms with E-state index in [-0.39, 0.29) is 26.8 Å². The van der Waals surface area contributed by atoms with E-state index in [4.69, 9.17) is 39.5 Å². The van der Waals surface area contributed by atoms with Gasteiger partial charge in [-0.25, -0.2) is 0 Å². The van der Waals surface area contributed by atoms with Crippen LogP contribution in [0.1, 0.15) is 0 Å². The van der Waals surface area contributed by atoms with Crippen LogP contribution in [0.4, 0.5) is 18.9 Å². The molecule has 0 aliphatic carbocycles. The van der Waals surface area contributed by atoms with Gasteiger partial charge < -0.3 is 4.74 Å². The largest absolute Gasteiger partial charge is 0.516 e. The maximum atomic E-state index is 12.4. The molecular weight excluding hydrogens is 418 g/mol. The number of ether oxygens (including phenoxy) is 1. The van der Waals surface area contributed by atoms with Crippen LogP contribution >= 0.6 is 34.8 Å². The van der Waals surface area contributed by atoms with Crippen molar-refractivity contribution in [2.45, 2.75) is 5.51 Å². The third-order valence-electron chi connectivity index (χ3n) is 2.34. The Balaban J connectivity index is 2.32. The summed E-state index contributed by atoms with van der Waals surface area (Å²) in [5.74, 6) is -0.236. The number of nitrogens with one attached hydrogen (secondary N) is 1. The molecule has 24 heavy (non-hydrogen) atoms. The molecule has 1 heterocycles. The third-order valence-corrected chi connectivity index (χ3v) is 4.20. The molecule has 13 heteroatoms. The van der Waals surface area contributed by atoms with E-state index in [1.165, 1.54) is 17.1 Å². The summed E-state index contributed by atoms with van der Waals surface area (Å²) >= 11 is 17.3. The van der Waals surface area contributed by atoms with Crippen LogP contribution in [-0.2, 0) is 10.0 Å². The molecule has 6 nitrogen and oxygen atoms in total. The van der Waals surface area contributed by atoms with Crippen LogP contribution in [0.2, 0.25) is 15.2 Å². The summed E-state index contributed by atoms with van der Waals surface area (Å²) < 4.78 is 65.8. The van der Waals surface area contributed by atoms with Gasteiger partial charge in [-0.05, 0) is 12.1 Å². The van der Waals surface area contributed by atoms with Crippen molar-refractivity contribution in [2.24, 2.45) is 0 Å². The molecule has 0 radical (unpaired) electrons. The highest BCUT2D eigenvalue weighted by Gasteiger charge is 2.46. The molecular formula is C11H5Cl3F3N3O3S. The molecule has 0 unspecified atom stereocenters. The number of halogens is 6. The first-order valence-corrected chi connectivity index (χ1v) is 8.35. The van der Waals surface area contributed by atoms with Crippen molar-refractivity contribution >= 4 is 50.5 Å². The minimum Gasteiger partial charge on any atom is -0.434 e. The number of aromatic nitrogens is 2. The van der Waals surface area contributed by atoms with E-state index < -0.39 is 21.2 Å². The number of nitrogens with zero attached hydrogens (tertiary/aromatic N) is 2. The maximum Gasteiger partial charge on any atom is 0.516 e. The van der Waals surface area contributed by atoms with Crippen LogP contribution in [0, 0.1) is 0 Å². The minimum absolute atomic E-state index is 0.0225. The number of rotatable bonds is 4. The van der Waals surface area contributed by atoms with Crippen molar-refractivity contribution in [3.8, 4) is 11.6 Å². The second kappa shape index (κ2) is 6.79. The van der Waals surface area contributed by atoms with Crippen LogP contribution in [0.15, 0.2) is 24.5 Å². The Hall–Kier alpha value is -1.49. The highest BCUT2D eigenvalue weighted by atomic mass is 35.5. The molecule has 130 valence electrons. The van der Waals surface area contributed by atoms with Gasteiger partial charge in [-0.15, -0.1) is 0 Å². The second-order valence-corrected chi connectivity index (χ2v) is 6.98. The lowest BCUT2D eigenvalue weighted by Gasteiger charge is -2.13. The number of alkyl halides is 3. The van der Waals surface area contributed by atoms with Gasteiger partial charge in [0.1, 0.15) is 0 Å². The zero-order valence-corrected chi connectivity index (χ0v) is 14.2. The summed E-state index contributed by atoms with van der Waals surface area (Å²) in [5.41, 5.74) is -5.98. The van der Waals surface area contributed by atoms with E-state index in [0.29, 0.717) is 0 Å². The molecule has 1 aromatic carbocycles. The summed E-state index contributed by atoms with van der Waals surface area (Å²) in [4.78, 5) is 7.48. The van der Waals surface area contributed by atoms with Crippen LogP contribution in [0.3, 0.4) is 0 Å². The normalized spacial score (nSPS) is 12.1. The molecule has 0 saturated heterocycles. The fourth-order valence-corrected chi connectivity index (χ4v) is 2.66. The van der Waals surface area contributed by atoms with E-state index >= 15 is 0 Å². The van der Waals surface area contributed by atoms with Crippen LogP contribution in [-0.4, -0.2) is 23.9 Å². The molecule has 1 N–H and O–H groups in total. The van der Waals surface area contributed by atoms with Crippen LogP contribution in [0.5, 0.6) is 11.6 Å². The maximum absolute atomic E-state index is 12.4. The van der Waals surface area contributed by atoms with Gasteiger partial charge in [0, 0.05) is 0 Å². The average molecular weight is 423 g/mol. The molecule has 0 aliphatic rings. The zero-order chi connectivity index (χ0) is 18.1. The van der Waals surface area contributed by atoms with E-state index in [1.807, 2.05) is 0 Å². The SMILES string of the molecule is O=S(=O)(Nc1cc(Cl)c(Oc2cncc(Cl)n2)c(Cl)c1)C(F)(F)F. The lowest BCUT2D eigenvalue weighted by atomic mass is 10.3. The first-order chi connectivity index (χ1) is 11.0. The smallest absolute Gasteiger partial charge is 0.434 e. The Morgan fingerprint density at radius 2 is 1.67 bits per heavy atom. The van der Waals surface area contributed by atoms with Gasteiger partial charge in [0.25, 0.3) is 0 Å². The molecule has 0 spiro atoms. The third kappa shape index (κ3) is 4.32. The standard InChI is InChI=1S/C11H5Cl3F3N3O3S/c12-6-1-5(20-24(21,22)11(15,16)17)2-7(13)10(6)23-9-4-18-3-8(14)19-9/h1-4,20H. The lowest BCUT2D eigenvalue weighted by Crippen LogP contribution is -2.29. The van der Waals surface area contributed by atoms with Crippen molar-refractivity contribution in [2.75, 3.05) is 4.72 Å². The Kier molecular flexibility index (Phi) is 5.33. The predicted molar refractivity (Wildman–Crippen MR) is 82.2 cm³/mol. The highest BCUT2D eigenvalue weighted by Crippen LogP contribution is 2.39. The molecule has 0 bridgehead atoms. The molecule has 2 aromatic rings. The van der Waals surface area contributed by atoms with Crippen LogP contribution < -0.4 is 9.46 Å². The fraction of sp³-hybridized carbons (Fsp3) is 0.0909. The van der Waals surface area contributed by atoms with Crippen molar-refractivity contribution < 1.29 is 26.3 Å². The van der Waals surface area contributed by atoms with Crippen molar-refractivity contribution in [1.29, 1.82) is 0 Å². The minimum atomic E-state index is -5.61. The second-order valence-electron chi connectivity index (χ2n) is 4.10. The van der Waals surface area contributed by atoms with Gasteiger partial charge in [0.05, 0.1) is 28.1 Å². The first-order valence-electron chi connectivity index (χ1n) is 5.73.